The predicted octanol–water partition coefficient (Wildman–Crippen LogP) is 3.46. The third-order valence-corrected chi connectivity index (χ3v) is 4.86. The SMILES string of the molecule is COC(c1ccccc1)c1nnc(CCC(=O)N(C)Cc2cccs2)o1. The Balaban J connectivity index is 1.57. The van der Waals surface area contributed by atoms with Gasteiger partial charge in [-0.15, -0.1) is 21.5 Å². The van der Waals surface area contributed by atoms with Crippen LogP contribution in [0.15, 0.2) is 52.3 Å². The standard InChI is InChI=1S/C19H21N3O3S/c1-22(13-15-9-6-12-26-15)17(23)11-10-16-20-21-19(25-16)18(24-2)14-7-4-3-5-8-14/h3-9,12,18H,10-11,13H2,1-2H3. The fourth-order valence-electron chi connectivity index (χ4n) is 2.61. The van der Waals surface area contributed by atoms with Crippen LogP contribution < -0.4 is 0 Å². The van der Waals surface area contributed by atoms with Gasteiger partial charge in [-0.1, -0.05) is 36.4 Å². The van der Waals surface area contributed by atoms with Gasteiger partial charge in [0.05, 0.1) is 6.54 Å². The van der Waals surface area contributed by atoms with Gasteiger partial charge in [-0.2, -0.15) is 0 Å². The molecule has 0 aliphatic carbocycles. The zero-order chi connectivity index (χ0) is 18.4. The Kier molecular flexibility index (Phi) is 6.14. The van der Waals surface area contributed by atoms with Crippen LogP contribution in [0.25, 0.3) is 0 Å². The van der Waals surface area contributed by atoms with Crippen molar-refractivity contribution in [1.29, 1.82) is 0 Å². The van der Waals surface area contributed by atoms with Gasteiger partial charge in [0.1, 0.15) is 0 Å². The number of aryl methyl sites for hydroxylation is 1. The molecule has 3 rings (SSSR count). The molecule has 0 bridgehead atoms. The number of aromatic nitrogens is 2. The minimum atomic E-state index is -0.408. The Morgan fingerprint density at radius 2 is 2.04 bits per heavy atom. The normalized spacial score (nSPS) is 12.1. The van der Waals surface area contributed by atoms with Gasteiger partial charge in [0, 0.05) is 31.9 Å². The zero-order valence-electron chi connectivity index (χ0n) is 14.8. The van der Waals surface area contributed by atoms with Crippen LogP contribution in [-0.2, 0) is 22.5 Å². The van der Waals surface area contributed by atoms with Crippen molar-refractivity contribution in [3.8, 4) is 0 Å². The molecular formula is C19H21N3O3S. The van der Waals surface area contributed by atoms with E-state index in [-0.39, 0.29) is 5.91 Å². The second-order valence-corrected chi connectivity index (χ2v) is 6.92. The van der Waals surface area contributed by atoms with Crippen LogP contribution in [0.1, 0.15) is 34.7 Å². The molecule has 1 amide bonds. The van der Waals surface area contributed by atoms with Gasteiger partial charge in [-0.05, 0) is 17.0 Å². The van der Waals surface area contributed by atoms with Crippen LogP contribution in [0.4, 0.5) is 0 Å². The maximum Gasteiger partial charge on any atom is 0.249 e. The zero-order valence-corrected chi connectivity index (χ0v) is 15.6. The number of benzene rings is 1. The van der Waals surface area contributed by atoms with Crippen molar-refractivity contribution in [1.82, 2.24) is 15.1 Å². The predicted molar refractivity (Wildman–Crippen MR) is 98.7 cm³/mol. The summed E-state index contributed by atoms with van der Waals surface area (Å²) in [6.45, 7) is 0.616. The summed E-state index contributed by atoms with van der Waals surface area (Å²) < 4.78 is 11.2. The molecule has 3 aromatic rings. The monoisotopic (exact) mass is 371 g/mol. The molecule has 136 valence electrons. The van der Waals surface area contributed by atoms with Crippen molar-refractivity contribution >= 4 is 17.2 Å². The molecule has 0 saturated heterocycles. The summed E-state index contributed by atoms with van der Waals surface area (Å²) in [5, 5.41) is 10.1. The molecule has 7 heteroatoms. The number of nitrogens with zero attached hydrogens (tertiary/aromatic N) is 3. The van der Waals surface area contributed by atoms with Gasteiger partial charge in [0.25, 0.3) is 0 Å². The summed E-state index contributed by atoms with van der Waals surface area (Å²) in [7, 11) is 3.41. The van der Waals surface area contributed by atoms with E-state index >= 15 is 0 Å². The fourth-order valence-corrected chi connectivity index (χ4v) is 3.37. The summed E-state index contributed by atoms with van der Waals surface area (Å²) in [6, 6.07) is 13.7. The quantitative estimate of drug-likeness (QED) is 0.607. The number of methoxy groups -OCH3 is 1. The highest BCUT2D eigenvalue weighted by Gasteiger charge is 2.20. The Hall–Kier alpha value is -2.51. The summed E-state index contributed by atoms with van der Waals surface area (Å²) in [4.78, 5) is 15.1. The van der Waals surface area contributed by atoms with Gasteiger partial charge in [0.15, 0.2) is 6.10 Å². The van der Waals surface area contributed by atoms with E-state index in [1.54, 1.807) is 30.4 Å². The molecule has 0 aliphatic rings. The van der Waals surface area contributed by atoms with Gasteiger partial charge in [0.2, 0.25) is 17.7 Å². The lowest BCUT2D eigenvalue weighted by molar-refractivity contribution is -0.130. The number of ether oxygens (including phenoxy) is 1. The fraction of sp³-hybridized carbons (Fsp3) is 0.316. The molecule has 1 atom stereocenters. The molecule has 2 heterocycles. The van der Waals surface area contributed by atoms with Crippen molar-refractivity contribution in [2.75, 3.05) is 14.2 Å². The first kappa shape index (κ1) is 18.3. The minimum Gasteiger partial charge on any atom is -0.422 e. The average Bonchev–Trinajstić information content (AvgIpc) is 3.33. The van der Waals surface area contributed by atoms with E-state index in [1.807, 2.05) is 47.8 Å². The topological polar surface area (TPSA) is 68.5 Å². The largest absolute Gasteiger partial charge is 0.422 e. The van der Waals surface area contributed by atoms with Gasteiger partial charge < -0.3 is 14.1 Å². The van der Waals surface area contributed by atoms with E-state index in [0.717, 1.165) is 10.4 Å². The van der Waals surface area contributed by atoms with Crippen LogP contribution in [0.2, 0.25) is 0 Å². The number of carbonyl (C=O) groups excluding carboxylic acids is 1. The molecule has 0 saturated carbocycles. The van der Waals surface area contributed by atoms with Crippen LogP contribution in [0.3, 0.4) is 0 Å². The molecule has 2 aromatic heterocycles. The first-order chi connectivity index (χ1) is 12.7. The molecular weight excluding hydrogens is 350 g/mol. The van der Waals surface area contributed by atoms with E-state index in [0.29, 0.717) is 31.2 Å². The molecule has 0 aliphatic heterocycles. The summed E-state index contributed by atoms with van der Waals surface area (Å²) in [5.41, 5.74) is 0.942. The second kappa shape index (κ2) is 8.73. The summed E-state index contributed by atoms with van der Waals surface area (Å²) in [5.74, 6) is 0.883. The number of hydrogen-bond donors (Lipinski definition) is 0. The third-order valence-electron chi connectivity index (χ3n) is 4.00. The van der Waals surface area contributed by atoms with Crippen molar-refractivity contribution in [3.05, 3.63) is 70.1 Å². The van der Waals surface area contributed by atoms with Crippen LogP contribution >= 0.6 is 11.3 Å². The number of carbonyl (C=O) groups is 1. The van der Waals surface area contributed by atoms with E-state index in [4.69, 9.17) is 9.15 Å². The van der Waals surface area contributed by atoms with Crippen LogP contribution in [0.5, 0.6) is 0 Å². The average molecular weight is 371 g/mol. The highest BCUT2D eigenvalue weighted by molar-refractivity contribution is 7.09. The number of thiophene rings is 1. The maximum atomic E-state index is 12.3. The molecule has 1 aromatic carbocycles. The first-order valence-corrected chi connectivity index (χ1v) is 9.21. The molecule has 0 fully saturated rings. The Bertz CT molecular complexity index is 818. The van der Waals surface area contributed by atoms with Gasteiger partial charge in [-0.3, -0.25) is 4.79 Å². The van der Waals surface area contributed by atoms with Crippen molar-refractivity contribution in [2.24, 2.45) is 0 Å². The van der Waals surface area contributed by atoms with E-state index in [2.05, 4.69) is 10.2 Å². The third kappa shape index (κ3) is 4.56. The number of amides is 1. The van der Waals surface area contributed by atoms with Crippen LogP contribution in [-0.4, -0.2) is 35.2 Å². The molecule has 0 spiro atoms. The molecule has 1 unspecified atom stereocenters. The summed E-state index contributed by atoms with van der Waals surface area (Å²) in [6.07, 6.45) is 0.327. The lowest BCUT2D eigenvalue weighted by Gasteiger charge is -2.15. The maximum absolute atomic E-state index is 12.3. The van der Waals surface area contributed by atoms with Crippen molar-refractivity contribution in [3.63, 3.8) is 0 Å². The highest BCUT2D eigenvalue weighted by atomic mass is 32.1. The molecule has 6 nitrogen and oxygen atoms in total. The van der Waals surface area contributed by atoms with Crippen molar-refractivity contribution in [2.45, 2.75) is 25.5 Å². The Labute approximate surface area is 156 Å². The Morgan fingerprint density at radius 1 is 1.23 bits per heavy atom. The van der Waals surface area contributed by atoms with E-state index in [9.17, 15) is 4.79 Å². The lowest BCUT2D eigenvalue weighted by Crippen LogP contribution is -2.26. The lowest BCUT2D eigenvalue weighted by atomic mass is 10.1. The van der Waals surface area contributed by atoms with E-state index in [1.165, 1.54) is 0 Å². The highest BCUT2D eigenvalue weighted by Crippen LogP contribution is 2.24. The van der Waals surface area contributed by atoms with Gasteiger partial charge in [-0.25, -0.2) is 0 Å². The molecule has 0 N–H and O–H groups in total. The first-order valence-electron chi connectivity index (χ1n) is 8.33. The number of hydrogen-bond acceptors (Lipinski definition) is 6. The summed E-state index contributed by atoms with van der Waals surface area (Å²) >= 11 is 1.64. The molecule has 26 heavy (non-hydrogen) atoms. The second-order valence-electron chi connectivity index (χ2n) is 5.89. The Morgan fingerprint density at radius 3 is 2.73 bits per heavy atom. The van der Waals surface area contributed by atoms with E-state index < -0.39 is 6.10 Å². The van der Waals surface area contributed by atoms with Crippen LogP contribution in [0, 0.1) is 0 Å². The molecule has 0 radical (unpaired) electrons. The number of rotatable bonds is 8. The minimum absolute atomic E-state index is 0.0458. The smallest absolute Gasteiger partial charge is 0.249 e. The van der Waals surface area contributed by atoms with Gasteiger partial charge >= 0.3 is 0 Å². The van der Waals surface area contributed by atoms with Crippen molar-refractivity contribution < 1.29 is 13.9 Å².